The van der Waals surface area contributed by atoms with E-state index < -0.39 is 25.9 Å². The zero-order valence-corrected chi connectivity index (χ0v) is 51.3. The number of hydrogen-bond donors (Lipinski definition) is 2. The second-order valence-corrected chi connectivity index (χ2v) is 23.3. The first-order chi connectivity index (χ1) is 37.4. The van der Waals surface area contributed by atoms with Gasteiger partial charge in [0, 0.05) is 12.8 Å². The Morgan fingerprint density at radius 3 is 1.30 bits per heavy atom. The molecule has 0 bridgehead atoms. The summed E-state index contributed by atoms with van der Waals surface area (Å²) in [6, 6.07) is -0.888. The summed E-state index contributed by atoms with van der Waals surface area (Å²) in [5, 5.41) is 3.03. The van der Waals surface area contributed by atoms with E-state index in [-0.39, 0.29) is 25.5 Å². The summed E-state index contributed by atoms with van der Waals surface area (Å²) < 4.78 is 30.6. The van der Waals surface area contributed by atoms with Gasteiger partial charge in [-0.3, -0.25) is 18.6 Å². The van der Waals surface area contributed by atoms with Gasteiger partial charge in [-0.25, -0.2) is 4.57 Å². The molecule has 0 saturated heterocycles. The fourth-order valence-corrected chi connectivity index (χ4v) is 9.14. The fourth-order valence-electron chi connectivity index (χ4n) is 8.41. The van der Waals surface area contributed by atoms with Gasteiger partial charge in [0.05, 0.1) is 33.8 Å². The molecule has 0 saturated carbocycles. The summed E-state index contributed by atoms with van der Waals surface area (Å²) in [4.78, 5) is 37.7. The number of carbonyl (C=O) groups excluding carboxylic acids is 2. The number of phosphoric ester groups is 1. The highest BCUT2D eigenvalue weighted by Crippen LogP contribution is 2.43. The first kappa shape index (κ1) is 73.7. The second kappa shape index (κ2) is 56.0. The molecular weight excluding hydrogens is 976 g/mol. The zero-order valence-electron chi connectivity index (χ0n) is 50.4. The Morgan fingerprint density at radius 2 is 0.844 bits per heavy atom. The van der Waals surface area contributed by atoms with Gasteiger partial charge in [0.25, 0.3) is 0 Å². The lowest BCUT2D eigenvalue weighted by atomic mass is 10.0. The Balaban J connectivity index is 5.41. The van der Waals surface area contributed by atoms with Gasteiger partial charge in [-0.1, -0.05) is 246 Å². The fraction of sp³-hybridized carbons (Fsp3) is 0.701. The predicted molar refractivity (Wildman–Crippen MR) is 332 cm³/mol. The number of unbranched alkanes of at least 4 members (excludes halogenated alkanes) is 23. The average Bonchev–Trinajstić information content (AvgIpc) is 3.39. The zero-order chi connectivity index (χ0) is 56.4. The predicted octanol–water partition coefficient (Wildman–Crippen LogP) is 19.3. The van der Waals surface area contributed by atoms with Crippen molar-refractivity contribution in [2.24, 2.45) is 0 Å². The molecule has 0 rings (SSSR count). The van der Waals surface area contributed by atoms with Gasteiger partial charge >= 0.3 is 13.8 Å². The minimum atomic E-state index is -4.47. The number of quaternary nitrogens is 1. The molecule has 0 spiro atoms. The molecular formula is C67H118N2O7P+. The van der Waals surface area contributed by atoms with Gasteiger partial charge in [-0.2, -0.15) is 0 Å². The largest absolute Gasteiger partial charge is 0.472 e. The van der Waals surface area contributed by atoms with Crippen molar-refractivity contribution in [3.05, 3.63) is 109 Å². The summed E-state index contributed by atoms with van der Waals surface area (Å²) in [5.41, 5.74) is 0. The number of likely N-dealkylation sites (N-methyl/N-ethyl adjacent to an activating group) is 1. The van der Waals surface area contributed by atoms with Crippen molar-refractivity contribution in [1.82, 2.24) is 5.32 Å². The molecule has 3 atom stereocenters. The number of nitrogens with zero attached hydrogens (tertiary/aromatic N) is 1. The lowest BCUT2D eigenvalue weighted by molar-refractivity contribution is -0.870. The molecule has 3 unspecified atom stereocenters. The number of ether oxygens (including phenoxy) is 1. The number of hydrogen-bond acceptors (Lipinski definition) is 6. The highest BCUT2D eigenvalue weighted by atomic mass is 31.2. The topological polar surface area (TPSA) is 111 Å². The van der Waals surface area contributed by atoms with E-state index in [9.17, 15) is 19.0 Å². The third kappa shape index (κ3) is 57.2. The SMILES string of the molecule is CC/C=C\C/C=C\C/C=C\C/C=C\C/C=C\C/C=C\CCC(=O)OC(/C=C/CCCCCCCCCCCCC)C(COP(=O)(O)OCC[N+](C)(C)C)NC(=O)CCCCCCCCCCC/C=C\C/C=C\CCCCC. The Hall–Kier alpha value is -3.33. The molecule has 0 heterocycles. The van der Waals surface area contributed by atoms with E-state index in [0.717, 1.165) is 96.3 Å². The molecule has 10 heteroatoms. The number of phosphoric acid groups is 1. The molecule has 0 fully saturated rings. The molecule has 77 heavy (non-hydrogen) atoms. The van der Waals surface area contributed by atoms with Crippen molar-refractivity contribution in [3.63, 3.8) is 0 Å². The lowest BCUT2D eigenvalue weighted by Crippen LogP contribution is -2.47. The van der Waals surface area contributed by atoms with Crippen LogP contribution in [0.4, 0.5) is 0 Å². The van der Waals surface area contributed by atoms with Crippen molar-refractivity contribution in [2.45, 2.75) is 264 Å². The van der Waals surface area contributed by atoms with E-state index in [1.54, 1.807) is 0 Å². The first-order valence-electron chi connectivity index (χ1n) is 31.2. The highest BCUT2D eigenvalue weighted by Gasteiger charge is 2.30. The number of carbonyl (C=O) groups is 2. The van der Waals surface area contributed by atoms with E-state index in [0.29, 0.717) is 23.9 Å². The van der Waals surface area contributed by atoms with Gasteiger partial charge in [0.1, 0.15) is 19.3 Å². The van der Waals surface area contributed by atoms with Crippen LogP contribution in [0.5, 0.6) is 0 Å². The molecule has 0 aliphatic heterocycles. The van der Waals surface area contributed by atoms with Gasteiger partial charge < -0.3 is 19.4 Å². The summed E-state index contributed by atoms with van der Waals surface area (Å²) in [6.07, 6.45) is 76.7. The van der Waals surface area contributed by atoms with E-state index >= 15 is 0 Å². The smallest absolute Gasteiger partial charge is 0.456 e. The van der Waals surface area contributed by atoms with Crippen molar-refractivity contribution in [1.29, 1.82) is 0 Å². The molecule has 0 aromatic heterocycles. The Kier molecular flexibility index (Phi) is 53.5. The molecule has 1 amide bonds. The van der Waals surface area contributed by atoms with Gasteiger partial charge in [-0.05, 0) is 102 Å². The van der Waals surface area contributed by atoms with Gasteiger partial charge in [-0.15, -0.1) is 0 Å². The van der Waals surface area contributed by atoms with Crippen LogP contribution in [0.25, 0.3) is 0 Å². The van der Waals surface area contributed by atoms with Gasteiger partial charge in [0.15, 0.2) is 0 Å². The Morgan fingerprint density at radius 1 is 0.468 bits per heavy atom. The van der Waals surface area contributed by atoms with Crippen molar-refractivity contribution in [2.75, 3.05) is 40.9 Å². The number of esters is 1. The second-order valence-electron chi connectivity index (χ2n) is 21.8. The molecule has 0 aliphatic rings. The Bertz CT molecular complexity index is 1690. The minimum absolute atomic E-state index is 0.0232. The van der Waals surface area contributed by atoms with Crippen LogP contribution >= 0.6 is 7.82 Å². The molecule has 442 valence electrons. The third-order valence-corrected chi connectivity index (χ3v) is 14.2. The normalized spacial score (nSPS) is 14.4. The summed E-state index contributed by atoms with van der Waals surface area (Å²) in [7, 11) is 1.44. The number of allylic oxidation sites excluding steroid dienone is 17. The summed E-state index contributed by atoms with van der Waals surface area (Å²) in [5.74, 6) is -0.611. The summed E-state index contributed by atoms with van der Waals surface area (Å²) >= 11 is 0. The molecule has 0 aromatic rings. The maximum atomic E-state index is 13.6. The quantitative estimate of drug-likeness (QED) is 0.0205. The van der Waals surface area contributed by atoms with Crippen LogP contribution in [0.3, 0.4) is 0 Å². The van der Waals surface area contributed by atoms with Crippen LogP contribution in [0.2, 0.25) is 0 Å². The first-order valence-corrected chi connectivity index (χ1v) is 32.7. The molecule has 9 nitrogen and oxygen atoms in total. The summed E-state index contributed by atoms with van der Waals surface area (Å²) in [6.45, 7) is 6.82. The molecule has 2 N–H and O–H groups in total. The van der Waals surface area contributed by atoms with E-state index in [2.05, 4.69) is 117 Å². The van der Waals surface area contributed by atoms with E-state index in [1.165, 1.54) is 116 Å². The van der Waals surface area contributed by atoms with Crippen molar-refractivity contribution >= 4 is 19.7 Å². The van der Waals surface area contributed by atoms with Crippen molar-refractivity contribution < 1.29 is 37.3 Å². The van der Waals surface area contributed by atoms with Gasteiger partial charge in [0.2, 0.25) is 5.91 Å². The molecule has 0 radical (unpaired) electrons. The average molecular weight is 1090 g/mol. The van der Waals surface area contributed by atoms with Crippen LogP contribution in [-0.2, 0) is 27.9 Å². The molecule has 0 aromatic carbocycles. The Labute approximate surface area is 474 Å². The number of amides is 1. The molecule has 0 aliphatic carbocycles. The number of rotatable bonds is 55. The lowest BCUT2D eigenvalue weighted by Gasteiger charge is -2.27. The maximum absolute atomic E-state index is 13.6. The van der Waals surface area contributed by atoms with Crippen LogP contribution in [-0.4, -0.2) is 74.3 Å². The standard InChI is InChI=1S/C67H117N2O7P/c1-7-10-13-16-19-22-25-28-30-32-34-36-38-41-44-47-50-53-56-59-66(70)68-64(63-75-77(72,73)74-62-61-69(4,5)6)65(58-55-52-49-46-43-40-27-24-21-18-15-12-9-3)76-67(71)60-57-54-51-48-45-42-39-37-35-33-31-29-26-23-20-17-14-11-8-2/h11,14,19-20,22-23,28-31,35,37,42,45,51,54-55,58,64-65H,7-10,12-13,15-18,21,24-27,32-34,36,38-41,43-44,46-50,52-53,56-57,59-63H2,1-6H3,(H-,68,70,72,73)/p+1/b14-11-,22-19-,23-20-,30-28-,31-29-,37-35-,45-42-,54-51-,58-55+. The van der Waals surface area contributed by atoms with Crippen LogP contribution in [0, 0.1) is 0 Å². The van der Waals surface area contributed by atoms with E-state index in [1.807, 2.05) is 39.4 Å². The van der Waals surface area contributed by atoms with Crippen molar-refractivity contribution in [3.8, 4) is 0 Å². The highest BCUT2D eigenvalue weighted by molar-refractivity contribution is 7.47. The monoisotopic (exact) mass is 1090 g/mol. The van der Waals surface area contributed by atoms with E-state index in [4.69, 9.17) is 13.8 Å². The minimum Gasteiger partial charge on any atom is -0.456 e. The van der Waals surface area contributed by atoms with Crippen LogP contribution < -0.4 is 5.32 Å². The maximum Gasteiger partial charge on any atom is 0.472 e. The van der Waals surface area contributed by atoms with Crippen LogP contribution in [0.1, 0.15) is 252 Å². The number of nitrogens with one attached hydrogen (secondary N) is 1. The van der Waals surface area contributed by atoms with Crippen LogP contribution in [0.15, 0.2) is 109 Å². The third-order valence-electron chi connectivity index (χ3n) is 13.2.